The van der Waals surface area contributed by atoms with E-state index in [4.69, 9.17) is 0 Å². The molecule has 2 aromatic carbocycles. The molecule has 0 bridgehead atoms. The molecular formula is C21H22FNO3. The van der Waals surface area contributed by atoms with Gasteiger partial charge >= 0.3 is 5.97 Å². The predicted octanol–water partition coefficient (Wildman–Crippen LogP) is 3.94. The quantitative estimate of drug-likeness (QED) is 0.884. The van der Waals surface area contributed by atoms with Crippen molar-refractivity contribution in [3.05, 3.63) is 59.7 Å². The number of rotatable bonds is 5. The van der Waals surface area contributed by atoms with Crippen molar-refractivity contribution in [2.24, 2.45) is 0 Å². The van der Waals surface area contributed by atoms with Gasteiger partial charge in [-0.1, -0.05) is 55.8 Å². The number of halogens is 1. The minimum Gasteiger partial charge on any atom is -0.480 e. The third-order valence-corrected chi connectivity index (χ3v) is 4.80. The van der Waals surface area contributed by atoms with E-state index < -0.39 is 24.1 Å². The molecule has 0 spiro atoms. The zero-order valence-electron chi connectivity index (χ0n) is 14.7. The molecule has 2 aromatic rings. The van der Waals surface area contributed by atoms with Gasteiger partial charge in [0.05, 0.1) is 0 Å². The van der Waals surface area contributed by atoms with Gasteiger partial charge in [0.1, 0.15) is 6.17 Å². The van der Waals surface area contributed by atoms with Crippen molar-refractivity contribution in [1.82, 2.24) is 4.90 Å². The SMILES string of the molecule is CCCc1ccc(-c2ccccc2C(=O)N2CCC(F)C2C(=O)O)cc1. The summed E-state index contributed by atoms with van der Waals surface area (Å²) in [5.41, 5.74) is 3.24. The van der Waals surface area contributed by atoms with Gasteiger partial charge in [0, 0.05) is 12.1 Å². The number of benzene rings is 2. The van der Waals surface area contributed by atoms with Crippen LogP contribution in [0.2, 0.25) is 0 Å². The third-order valence-electron chi connectivity index (χ3n) is 4.80. The van der Waals surface area contributed by atoms with Gasteiger partial charge in [0.15, 0.2) is 6.04 Å². The van der Waals surface area contributed by atoms with Crippen LogP contribution in [0.25, 0.3) is 11.1 Å². The number of hydrogen-bond donors (Lipinski definition) is 1. The van der Waals surface area contributed by atoms with Gasteiger partial charge in [-0.05, 0) is 35.6 Å². The van der Waals surface area contributed by atoms with Gasteiger partial charge in [0.25, 0.3) is 5.91 Å². The zero-order valence-corrected chi connectivity index (χ0v) is 14.7. The Morgan fingerprint density at radius 3 is 2.50 bits per heavy atom. The number of carboxylic acids is 1. The van der Waals surface area contributed by atoms with E-state index in [0.29, 0.717) is 5.56 Å². The molecule has 0 radical (unpaired) electrons. The Kier molecular flexibility index (Phi) is 5.35. The van der Waals surface area contributed by atoms with Crippen LogP contribution in [0.3, 0.4) is 0 Å². The second-order valence-corrected chi connectivity index (χ2v) is 6.58. The Balaban J connectivity index is 1.94. The molecule has 4 nitrogen and oxygen atoms in total. The second-order valence-electron chi connectivity index (χ2n) is 6.58. The van der Waals surface area contributed by atoms with Gasteiger partial charge in [-0.2, -0.15) is 0 Å². The van der Waals surface area contributed by atoms with Crippen molar-refractivity contribution in [2.75, 3.05) is 6.54 Å². The molecule has 0 aliphatic carbocycles. The first kappa shape index (κ1) is 18.1. The molecule has 1 N–H and O–H groups in total. The first-order valence-corrected chi connectivity index (χ1v) is 8.89. The van der Waals surface area contributed by atoms with Crippen molar-refractivity contribution >= 4 is 11.9 Å². The second kappa shape index (κ2) is 7.68. The Bertz CT molecular complexity index is 803. The summed E-state index contributed by atoms with van der Waals surface area (Å²) in [5, 5.41) is 9.28. The van der Waals surface area contributed by atoms with Crippen LogP contribution in [0.15, 0.2) is 48.5 Å². The van der Waals surface area contributed by atoms with E-state index in [1.165, 1.54) is 5.56 Å². The van der Waals surface area contributed by atoms with Crippen LogP contribution in [0.5, 0.6) is 0 Å². The van der Waals surface area contributed by atoms with Gasteiger partial charge < -0.3 is 10.0 Å². The van der Waals surface area contributed by atoms with E-state index in [1.54, 1.807) is 12.1 Å². The van der Waals surface area contributed by atoms with E-state index in [0.717, 1.165) is 28.9 Å². The summed E-state index contributed by atoms with van der Waals surface area (Å²) >= 11 is 0. The molecule has 1 fully saturated rings. The summed E-state index contributed by atoms with van der Waals surface area (Å²) < 4.78 is 13.9. The molecular weight excluding hydrogens is 333 g/mol. The van der Waals surface area contributed by atoms with Crippen LogP contribution in [0, 0.1) is 0 Å². The number of carbonyl (C=O) groups excluding carboxylic acids is 1. The van der Waals surface area contributed by atoms with Gasteiger partial charge in [-0.3, -0.25) is 4.79 Å². The van der Waals surface area contributed by atoms with Crippen LogP contribution < -0.4 is 0 Å². The van der Waals surface area contributed by atoms with E-state index in [-0.39, 0.29) is 13.0 Å². The predicted molar refractivity (Wildman–Crippen MR) is 97.8 cm³/mol. The highest BCUT2D eigenvalue weighted by atomic mass is 19.1. The monoisotopic (exact) mass is 355 g/mol. The summed E-state index contributed by atoms with van der Waals surface area (Å²) in [6.45, 7) is 2.23. The highest BCUT2D eigenvalue weighted by Crippen LogP contribution is 2.29. The fraction of sp³-hybridized carbons (Fsp3) is 0.333. The molecule has 1 amide bonds. The molecule has 3 rings (SSSR count). The highest BCUT2D eigenvalue weighted by Gasteiger charge is 2.42. The largest absolute Gasteiger partial charge is 0.480 e. The molecule has 0 aromatic heterocycles. The number of hydrogen-bond acceptors (Lipinski definition) is 2. The van der Waals surface area contributed by atoms with E-state index >= 15 is 0 Å². The van der Waals surface area contributed by atoms with Gasteiger partial charge in [-0.15, -0.1) is 0 Å². The molecule has 1 saturated heterocycles. The zero-order chi connectivity index (χ0) is 18.7. The lowest BCUT2D eigenvalue weighted by Crippen LogP contribution is -2.44. The number of aliphatic carboxylic acids is 1. The minimum absolute atomic E-state index is 0.0522. The summed E-state index contributed by atoms with van der Waals surface area (Å²) in [6, 6.07) is 13.7. The van der Waals surface area contributed by atoms with Crippen molar-refractivity contribution < 1.29 is 19.1 Å². The number of amides is 1. The minimum atomic E-state index is -1.53. The third kappa shape index (κ3) is 3.47. The molecule has 5 heteroatoms. The van der Waals surface area contributed by atoms with Crippen LogP contribution in [-0.4, -0.2) is 40.6 Å². The molecule has 1 aliphatic rings. The van der Waals surface area contributed by atoms with Crippen molar-refractivity contribution in [3.63, 3.8) is 0 Å². The number of alkyl halides is 1. The Labute approximate surface area is 152 Å². The Morgan fingerprint density at radius 2 is 1.85 bits per heavy atom. The number of carboxylic acid groups (broad SMARTS) is 1. The van der Waals surface area contributed by atoms with E-state index in [1.807, 2.05) is 36.4 Å². The normalized spacial score (nSPS) is 19.5. The lowest BCUT2D eigenvalue weighted by atomic mass is 9.97. The van der Waals surface area contributed by atoms with E-state index in [2.05, 4.69) is 6.92 Å². The summed E-state index contributed by atoms with van der Waals surface area (Å²) in [5.74, 6) is -1.74. The molecule has 26 heavy (non-hydrogen) atoms. The van der Waals surface area contributed by atoms with Crippen LogP contribution >= 0.6 is 0 Å². The topological polar surface area (TPSA) is 57.6 Å². The summed E-state index contributed by atoms with van der Waals surface area (Å²) in [7, 11) is 0. The van der Waals surface area contributed by atoms with Gasteiger partial charge in [0.2, 0.25) is 0 Å². The molecule has 2 unspecified atom stereocenters. The maximum absolute atomic E-state index is 13.9. The van der Waals surface area contributed by atoms with Crippen molar-refractivity contribution in [1.29, 1.82) is 0 Å². The lowest BCUT2D eigenvalue weighted by Gasteiger charge is -2.23. The maximum Gasteiger partial charge on any atom is 0.329 e. The van der Waals surface area contributed by atoms with Crippen LogP contribution in [0.1, 0.15) is 35.7 Å². The fourth-order valence-corrected chi connectivity index (χ4v) is 3.49. The number of nitrogens with zero attached hydrogens (tertiary/aromatic N) is 1. The average molecular weight is 355 g/mol. The maximum atomic E-state index is 13.9. The lowest BCUT2D eigenvalue weighted by molar-refractivity contribution is -0.142. The fourth-order valence-electron chi connectivity index (χ4n) is 3.49. The number of carbonyl (C=O) groups is 2. The van der Waals surface area contributed by atoms with Gasteiger partial charge in [-0.25, -0.2) is 9.18 Å². The number of likely N-dealkylation sites (tertiary alicyclic amines) is 1. The van der Waals surface area contributed by atoms with Crippen LogP contribution in [0.4, 0.5) is 4.39 Å². The molecule has 2 atom stereocenters. The Morgan fingerprint density at radius 1 is 1.15 bits per heavy atom. The summed E-state index contributed by atoms with van der Waals surface area (Å²) in [4.78, 5) is 25.5. The highest BCUT2D eigenvalue weighted by molar-refractivity contribution is 6.02. The standard InChI is InChI=1S/C21H22FNO3/c1-2-5-14-8-10-15(11-9-14)16-6-3-4-7-17(16)20(24)23-13-12-18(22)19(23)21(25)26/h3-4,6-11,18-19H,2,5,12-13H2,1H3,(H,25,26). The van der Waals surface area contributed by atoms with Crippen molar-refractivity contribution in [3.8, 4) is 11.1 Å². The number of aryl methyl sites for hydroxylation is 1. The molecule has 0 saturated carbocycles. The Hall–Kier alpha value is -2.69. The average Bonchev–Trinajstić information content (AvgIpc) is 3.04. The first-order valence-electron chi connectivity index (χ1n) is 8.89. The van der Waals surface area contributed by atoms with Crippen LogP contribution in [-0.2, 0) is 11.2 Å². The molecule has 1 aliphatic heterocycles. The van der Waals surface area contributed by atoms with E-state index in [9.17, 15) is 19.1 Å². The summed E-state index contributed by atoms with van der Waals surface area (Å²) in [6.07, 6.45) is 0.574. The first-order chi connectivity index (χ1) is 12.5. The smallest absolute Gasteiger partial charge is 0.329 e. The molecule has 1 heterocycles. The van der Waals surface area contributed by atoms with Crippen molar-refractivity contribution in [2.45, 2.75) is 38.4 Å². The molecule has 136 valence electrons.